The number of likely N-dealkylation sites (tertiary alicyclic amines) is 1. The lowest BCUT2D eigenvalue weighted by atomic mass is 10.0. The summed E-state index contributed by atoms with van der Waals surface area (Å²) in [7, 11) is 0. The first-order valence-electron chi connectivity index (χ1n) is 16.7. The number of hydrogen-bond donors (Lipinski definition) is 3. The third-order valence-electron chi connectivity index (χ3n) is 7.64. The summed E-state index contributed by atoms with van der Waals surface area (Å²) in [5.74, 6) is 5.35. The Labute approximate surface area is 297 Å². The highest BCUT2D eigenvalue weighted by Crippen LogP contribution is 2.25. The molecule has 0 aliphatic carbocycles. The van der Waals surface area contributed by atoms with Gasteiger partial charge in [0.2, 0.25) is 0 Å². The molecule has 12 nitrogen and oxygen atoms in total. The molecule has 0 bridgehead atoms. The third kappa shape index (κ3) is 10.0. The Bertz CT molecular complexity index is 1990. The second-order valence-electron chi connectivity index (χ2n) is 14.1. The summed E-state index contributed by atoms with van der Waals surface area (Å²) in [6, 6.07) is 17.0. The molecule has 2 aromatic carbocycles. The second-order valence-corrected chi connectivity index (χ2v) is 14.1. The van der Waals surface area contributed by atoms with E-state index < -0.39 is 29.2 Å². The smallest absolute Gasteiger partial charge is 0.426 e. The molecule has 0 saturated carbocycles. The maximum atomic E-state index is 13.1. The van der Waals surface area contributed by atoms with Crippen molar-refractivity contribution in [1.82, 2.24) is 25.7 Å². The largest absolute Gasteiger partial charge is 0.458 e. The molecule has 0 radical (unpaired) electrons. The zero-order chi connectivity index (χ0) is 36.8. The molecule has 1 atom stereocenters. The second kappa shape index (κ2) is 15.3. The van der Waals surface area contributed by atoms with E-state index in [9.17, 15) is 19.2 Å². The molecule has 5 rings (SSSR count). The first-order chi connectivity index (χ1) is 24.1. The Kier molecular flexibility index (Phi) is 10.9. The van der Waals surface area contributed by atoms with Gasteiger partial charge >= 0.3 is 18.1 Å². The molecule has 1 aliphatic rings. The minimum atomic E-state index is -0.783. The molecule has 264 valence electrons. The topological polar surface area (TPSA) is 152 Å². The van der Waals surface area contributed by atoms with Crippen molar-refractivity contribution in [3.05, 3.63) is 89.7 Å². The standard InChI is InChI=1S/C39H42N6O6/c1-38(2,3)50-35(47)33-9-7-8-22-45(33)36(48)41-28-18-14-26(15-19-28)11-10-25-12-16-27(17-13-25)32-23-29(30-24-40-21-20-31(30)42-32)34(46)43-44-37(49)51-39(4,5)6/h12-21,23-24,33H,7-9,22H2,1-6H3,(H,41,48)(H,43,46)(H,44,49). The number of hydrazine groups is 1. The number of hydrogen-bond acceptors (Lipinski definition) is 8. The molecule has 1 fully saturated rings. The first kappa shape index (κ1) is 36.3. The van der Waals surface area contributed by atoms with Gasteiger partial charge in [-0.25, -0.2) is 24.8 Å². The summed E-state index contributed by atoms with van der Waals surface area (Å²) >= 11 is 0. The van der Waals surface area contributed by atoms with Gasteiger partial charge in [-0.1, -0.05) is 24.0 Å². The fraction of sp³-hybridized carbons (Fsp3) is 0.333. The van der Waals surface area contributed by atoms with E-state index in [4.69, 9.17) is 14.5 Å². The van der Waals surface area contributed by atoms with E-state index in [1.54, 1.807) is 62.3 Å². The molecular weight excluding hydrogens is 648 g/mol. The van der Waals surface area contributed by atoms with Crippen LogP contribution in [0, 0.1) is 11.8 Å². The number of pyridine rings is 2. The highest BCUT2D eigenvalue weighted by Gasteiger charge is 2.35. The van der Waals surface area contributed by atoms with Gasteiger partial charge in [0.15, 0.2) is 0 Å². The molecule has 3 heterocycles. The summed E-state index contributed by atoms with van der Waals surface area (Å²) in [5.41, 5.74) is 7.59. The Hall–Kier alpha value is -5.96. The number of anilines is 1. The maximum absolute atomic E-state index is 13.1. The molecule has 1 saturated heterocycles. The predicted octanol–water partition coefficient (Wildman–Crippen LogP) is 6.59. The van der Waals surface area contributed by atoms with Gasteiger partial charge < -0.3 is 19.7 Å². The van der Waals surface area contributed by atoms with E-state index in [-0.39, 0.29) is 17.6 Å². The van der Waals surface area contributed by atoms with Crippen LogP contribution in [0.3, 0.4) is 0 Å². The average Bonchev–Trinajstić information content (AvgIpc) is 3.08. The average molecular weight is 691 g/mol. The van der Waals surface area contributed by atoms with Gasteiger partial charge in [-0.3, -0.25) is 15.2 Å². The lowest BCUT2D eigenvalue weighted by molar-refractivity contribution is -0.161. The molecule has 1 unspecified atom stereocenters. The first-order valence-corrected chi connectivity index (χ1v) is 16.7. The number of esters is 1. The van der Waals surface area contributed by atoms with Crippen LogP contribution >= 0.6 is 0 Å². The van der Waals surface area contributed by atoms with Crippen molar-refractivity contribution < 1.29 is 28.7 Å². The molecule has 12 heteroatoms. The Balaban J connectivity index is 1.24. The van der Waals surface area contributed by atoms with Crippen LogP contribution in [0.25, 0.3) is 22.2 Å². The molecule has 3 N–H and O–H groups in total. The SMILES string of the molecule is CC(C)(C)OC(=O)NNC(=O)c1cc(-c2ccc(C#Cc3ccc(NC(=O)N4CCCCC4C(=O)OC(C)(C)C)cc3)cc2)nc2ccncc12. The summed E-state index contributed by atoms with van der Waals surface area (Å²) < 4.78 is 10.8. The number of ether oxygens (including phenoxy) is 2. The van der Waals surface area contributed by atoms with Crippen LogP contribution in [0.4, 0.5) is 15.3 Å². The van der Waals surface area contributed by atoms with Gasteiger partial charge in [0.25, 0.3) is 5.91 Å². The van der Waals surface area contributed by atoms with E-state index in [1.165, 1.54) is 0 Å². The van der Waals surface area contributed by atoms with Gasteiger partial charge in [0.1, 0.15) is 17.2 Å². The number of urea groups is 1. The zero-order valence-corrected chi connectivity index (χ0v) is 29.6. The Morgan fingerprint density at radius 2 is 1.47 bits per heavy atom. The van der Waals surface area contributed by atoms with Crippen molar-refractivity contribution in [2.24, 2.45) is 0 Å². The van der Waals surface area contributed by atoms with Crippen LogP contribution in [0.2, 0.25) is 0 Å². The van der Waals surface area contributed by atoms with Gasteiger partial charge in [-0.2, -0.15) is 0 Å². The zero-order valence-electron chi connectivity index (χ0n) is 29.6. The van der Waals surface area contributed by atoms with Crippen LogP contribution in [0.15, 0.2) is 73.1 Å². The third-order valence-corrected chi connectivity index (χ3v) is 7.64. The number of piperidine rings is 1. The van der Waals surface area contributed by atoms with E-state index in [1.807, 2.05) is 57.2 Å². The van der Waals surface area contributed by atoms with Crippen molar-refractivity contribution in [2.45, 2.75) is 78.0 Å². The van der Waals surface area contributed by atoms with Crippen LogP contribution in [-0.4, -0.2) is 62.7 Å². The molecule has 4 amide bonds. The minimum Gasteiger partial charge on any atom is -0.458 e. The van der Waals surface area contributed by atoms with E-state index >= 15 is 0 Å². The number of carbonyl (C=O) groups excluding carboxylic acids is 4. The van der Waals surface area contributed by atoms with Crippen LogP contribution < -0.4 is 16.2 Å². The number of aromatic nitrogens is 2. The minimum absolute atomic E-state index is 0.279. The van der Waals surface area contributed by atoms with Gasteiger partial charge in [0, 0.05) is 46.7 Å². The van der Waals surface area contributed by atoms with Crippen LogP contribution in [-0.2, 0) is 14.3 Å². The number of carbonyl (C=O) groups is 4. The molecular formula is C39H42N6O6. The fourth-order valence-corrected chi connectivity index (χ4v) is 5.37. The Morgan fingerprint density at radius 1 is 0.824 bits per heavy atom. The monoisotopic (exact) mass is 690 g/mol. The summed E-state index contributed by atoms with van der Waals surface area (Å²) in [6.45, 7) is 11.1. The van der Waals surface area contributed by atoms with Crippen molar-refractivity contribution in [1.29, 1.82) is 0 Å². The summed E-state index contributed by atoms with van der Waals surface area (Å²) in [5, 5.41) is 3.42. The van der Waals surface area contributed by atoms with Gasteiger partial charge in [-0.05, 0) is 109 Å². The fourth-order valence-electron chi connectivity index (χ4n) is 5.37. The number of nitrogens with zero attached hydrogens (tertiary/aromatic N) is 3. The van der Waals surface area contributed by atoms with Crippen molar-refractivity contribution in [2.75, 3.05) is 11.9 Å². The number of fused-ring (bicyclic) bond motifs is 1. The van der Waals surface area contributed by atoms with Crippen LogP contribution in [0.1, 0.15) is 82.3 Å². The van der Waals surface area contributed by atoms with E-state index in [0.717, 1.165) is 29.5 Å². The lowest BCUT2D eigenvalue weighted by Gasteiger charge is -2.35. The number of amides is 4. The number of nitrogens with one attached hydrogen (secondary N) is 3. The molecule has 1 aliphatic heterocycles. The number of benzene rings is 2. The lowest BCUT2D eigenvalue weighted by Crippen LogP contribution is -2.51. The normalized spacial score (nSPS) is 14.5. The highest BCUT2D eigenvalue weighted by molar-refractivity contribution is 6.07. The van der Waals surface area contributed by atoms with Crippen molar-refractivity contribution in [3.8, 4) is 23.1 Å². The Morgan fingerprint density at radius 3 is 2.12 bits per heavy atom. The quantitative estimate of drug-likeness (QED) is 0.123. The summed E-state index contributed by atoms with van der Waals surface area (Å²) in [6.07, 6.45) is 4.61. The van der Waals surface area contributed by atoms with Crippen molar-refractivity contribution in [3.63, 3.8) is 0 Å². The van der Waals surface area contributed by atoms with Crippen LogP contribution in [0.5, 0.6) is 0 Å². The predicted molar refractivity (Wildman–Crippen MR) is 193 cm³/mol. The van der Waals surface area contributed by atoms with Crippen molar-refractivity contribution >= 4 is 40.6 Å². The molecule has 51 heavy (non-hydrogen) atoms. The van der Waals surface area contributed by atoms with E-state index in [2.05, 4.69) is 33.0 Å². The summed E-state index contributed by atoms with van der Waals surface area (Å²) in [4.78, 5) is 61.5. The van der Waals surface area contributed by atoms with E-state index in [0.29, 0.717) is 35.2 Å². The maximum Gasteiger partial charge on any atom is 0.426 e. The number of rotatable bonds is 4. The van der Waals surface area contributed by atoms with Gasteiger partial charge in [-0.15, -0.1) is 0 Å². The van der Waals surface area contributed by atoms with Gasteiger partial charge in [0.05, 0.1) is 16.8 Å². The molecule has 2 aromatic heterocycles. The highest BCUT2D eigenvalue weighted by atomic mass is 16.6. The molecule has 0 spiro atoms. The molecule has 4 aromatic rings.